The summed E-state index contributed by atoms with van der Waals surface area (Å²) in [5.74, 6) is -0.233. The number of primary sulfonamides is 1. The van der Waals surface area contributed by atoms with E-state index in [1.807, 2.05) is 6.92 Å². The maximum absolute atomic E-state index is 12.3. The van der Waals surface area contributed by atoms with Crippen molar-refractivity contribution in [3.63, 3.8) is 0 Å². The molecule has 3 aromatic rings. The molecule has 1 aromatic carbocycles. The number of sulfonamides is 1. The smallest absolute Gasteiger partial charge is 0.254 e. The molecule has 9 heteroatoms. The zero-order chi connectivity index (χ0) is 18.0. The highest BCUT2D eigenvalue weighted by Gasteiger charge is 2.13. The van der Waals surface area contributed by atoms with Gasteiger partial charge in [-0.15, -0.1) is 0 Å². The quantitative estimate of drug-likeness (QED) is 0.693. The lowest BCUT2D eigenvalue weighted by atomic mass is 10.1. The fourth-order valence-electron chi connectivity index (χ4n) is 2.48. The van der Waals surface area contributed by atoms with Gasteiger partial charge in [-0.2, -0.15) is 5.10 Å². The fourth-order valence-corrected chi connectivity index (χ4v) is 2.99. The second-order valence-corrected chi connectivity index (χ2v) is 7.11. The van der Waals surface area contributed by atoms with Crippen molar-refractivity contribution in [2.24, 2.45) is 5.14 Å². The van der Waals surface area contributed by atoms with Gasteiger partial charge in [0.1, 0.15) is 0 Å². The van der Waals surface area contributed by atoms with Crippen molar-refractivity contribution in [3.8, 4) is 0 Å². The number of carbonyl (C=O) groups is 1. The molecular weight excluding hydrogens is 342 g/mol. The van der Waals surface area contributed by atoms with Gasteiger partial charge in [0.05, 0.1) is 22.3 Å². The Morgan fingerprint density at radius 3 is 2.64 bits per heavy atom. The van der Waals surface area contributed by atoms with Gasteiger partial charge in [0.25, 0.3) is 5.91 Å². The lowest BCUT2D eigenvalue weighted by molar-refractivity contribution is 0.0952. The third-order valence-corrected chi connectivity index (χ3v) is 4.78. The number of aromatic nitrogens is 3. The van der Waals surface area contributed by atoms with Gasteiger partial charge in [-0.05, 0) is 31.0 Å². The number of hydrogen-bond donors (Lipinski definition) is 2. The van der Waals surface area contributed by atoms with Crippen LogP contribution in [0, 0.1) is 6.92 Å². The average Bonchev–Trinajstić information content (AvgIpc) is 3.04. The summed E-state index contributed by atoms with van der Waals surface area (Å²) in [6, 6.07) is 8.02. The summed E-state index contributed by atoms with van der Waals surface area (Å²) < 4.78 is 24.0. The van der Waals surface area contributed by atoms with Crippen LogP contribution >= 0.6 is 0 Å². The van der Waals surface area contributed by atoms with Crippen LogP contribution in [-0.2, 0) is 16.4 Å². The normalized spacial score (nSPS) is 11.6. The number of nitrogens with one attached hydrogen (secondary N) is 1. The highest BCUT2D eigenvalue weighted by atomic mass is 32.2. The van der Waals surface area contributed by atoms with Gasteiger partial charge in [-0.25, -0.2) is 23.1 Å². The molecule has 130 valence electrons. The van der Waals surface area contributed by atoms with Crippen molar-refractivity contribution in [1.82, 2.24) is 19.9 Å². The Hall–Kier alpha value is -2.78. The molecule has 3 rings (SSSR count). The number of amides is 1. The van der Waals surface area contributed by atoms with Crippen molar-refractivity contribution >= 4 is 21.6 Å². The van der Waals surface area contributed by atoms with E-state index >= 15 is 0 Å². The number of aryl methyl sites for hydroxylation is 1. The van der Waals surface area contributed by atoms with Crippen LogP contribution in [0.2, 0.25) is 0 Å². The van der Waals surface area contributed by atoms with Crippen LogP contribution in [0.5, 0.6) is 0 Å². The van der Waals surface area contributed by atoms with Gasteiger partial charge in [-0.1, -0.05) is 12.1 Å². The summed E-state index contributed by atoms with van der Waals surface area (Å²) in [6.45, 7) is 2.21. The first-order valence-electron chi connectivity index (χ1n) is 7.55. The monoisotopic (exact) mass is 359 g/mol. The number of hydrogen-bond acceptors (Lipinski definition) is 5. The fraction of sp³-hybridized carbons (Fsp3) is 0.188. The number of rotatable bonds is 5. The molecule has 3 N–H and O–H groups in total. The second kappa shape index (κ2) is 6.61. The Bertz CT molecular complexity index is 1030. The summed E-state index contributed by atoms with van der Waals surface area (Å²) >= 11 is 0. The van der Waals surface area contributed by atoms with E-state index in [1.54, 1.807) is 28.9 Å². The van der Waals surface area contributed by atoms with E-state index in [1.165, 1.54) is 18.3 Å². The standard InChI is InChI=1S/C16H17N5O3S/c1-11-14(10-19-15-7-9-20-21(11)15)16(22)18-8-6-12-2-4-13(5-3-12)25(17,23)24/h2-5,7,9-10H,6,8H2,1H3,(H,18,22)(H2,17,23,24). The molecule has 0 unspecified atom stereocenters. The van der Waals surface area contributed by atoms with Gasteiger partial charge in [0.2, 0.25) is 10.0 Å². The third kappa shape index (κ3) is 3.67. The average molecular weight is 359 g/mol. The molecule has 0 aliphatic rings. The largest absolute Gasteiger partial charge is 0.352 e. The van der Waals surface area contributed by atoms with E-state index in [2.05, 4.69) is 15.4 Å². The Kier molecular flexibility index (Phi) is 4.51. The molecule has 0 aliphatic heterocycles. The predicted octanol–water partition coefficient (Wildman–Crippen LogP) is 0.658. The molecule has 0 saturated heterocycles. The Balaban J connectivity index is 1.63. The van der Waals surface area contributed by atoms with Crippen LogP contribution in [0.3, 0.4) is 0 Å². The second-order valence-electron chi connectivity index (χ2n) is 5.55. The van der Waals surface area contributed by atoms with Crippen LogP contribution < -0.4 is 10.5 Å². The molecule has 2 aromatic heterocycles. The molecule has 0 radical (unpaired) electrons. The van der Waals surface area contributed by atoms with Crippen molar-refractivity contribution < 1.29 is 13.2 Å². The van der Waals surface area contributed by atoms with E-state index in [0.717, 1.165) is 5.56 Å². The summed E-state index contributed by atoms with van der Waals surface area (Å²) in [7, 11) is -3.69. The van der Waals surface area contributed by atoms with Crippen LogP contribution in [0.15, 0.2) is 47.6 Å². The summed E-state index contributed by atoms with van der Waals surface area (Å²) in [5, 5.41) is 12.0. The third-order valence-electron chi connectivity index (χ3n) is 3.85. The molecule has 25 heavy (non-hydrogen) atoms. The number of nitrogens with zero attached hydrogens (tertiary/aromatic N) is 3. The van der Waals surface area contributed by atoms with Crippen LogP contribution in [0.4, 0.5) is 0 Å². The Morgan fingerprint density at radius 2 is 1.96 bits per heavy atom. The molecule has 8 nitrogen and oxygen atoms in total. The minimum absolute atomic E-state index is 0.0644. The maximum atomic E-state index is 12.3. The molecule has 0 saturated carbocycles. The highest BCUT2D eigenvalue weighted by molar-refractivity contribution is 7.89. The van der Waals surface area contributed by atoms with Crippen LogP contribution in [0.25, 0.3) is 5.65 Å². The Labute approximate surface area is 144 Å². The summed E-state index contributed by atoms with van der Waals surface area (Å²) in [4.78, 5) is 16.6. The van der Waals surface area contributed by atoms with Gasteiger partial charge < -0.3 is 5.32 Å². The number of nitrogens with two attached hydrogens (primary N) is 1. The van der Waals surface area contributed by atoms with Crippen molar-refractivity contribution in [1.29, 1.82) is 0 Å². The molecular formula is C16H17N5O3S. The number of benzene rings is 1. The van der Waals surface area contributed by atoms with Gasteiger partial charge >= 0.3 is 0 Å². The lowest BCUT2D eigenvalue weighted by Crippen LogP contribution is -2.27. The van der Waals surface area contributed by atoms with E-state index in [9.17, 15) is 13.2 Å². The SMILES string of the molecule is Cc1c(C(=O)NCCc2ccc(S(N)(=O)=O)cc2)cnc2ccnn12. The van der Waals surface area contributed by atoms with E-state index in [4.69, 9.17) is 5.14 Å². The zero-order valence-electron chi connectivity index (χ0n) is 13.5. The number of carbonyl (C=O) groups excluding carboxylic acids is 1. The number of fused-ring (bicyclic) bond motifs is 1. The first kappa shape index (κ1) is 17.1. The molecule has 0 aliphatic carbocycles. The van der Waals surface area contributed by atoms with Gasteiger partial charge in [-0.3, -0.25) is 4.79 Å². The van der Waals surface area contributed by atoms with Crippen molar-refractivity contribution in [2.45, 2.75) is 18.2 Å². The first-order valence-corrected chi connectivity index (χ1v) is 9.10. The zero-order valence-corrected chi connectivity index (χ0v) is 14.3. The topological polar surface area (TPSA) is 119 Å². The van der Waals surface area contributed by atoms with E-state index in [-0.39, 0.29) is 10.8 Å². The summed E-state index contributed by atoms with van der Waals surface area (Å²) in [6.07, 6.45) is 3.72. The molecule has 0 bridgehead atoms. The minimum atomic E-state index is -3.69. The lowest BCUT2D eigenvalue weighted by Gasteiger charge is -2.09. The Morgan fingerprint density at radius 1 is 1.24 bits per heavy atom. The predicted molar refractivity (Wildman–Crippen MR) is 91.6 cm³/mol. The van der Waals surface area contributed by atoms with Crippen molar-refractivity contribution in [2.75, 3.05) is 6.54 Å². The van der Waals surface area contributed by atoms with Gasteiger partial charge in [0, 0.05) is 18.8 Å². The van der Waals surface area contributed by atoms with E-state index < -0.39 is 10.0 Å². The first-order chi connectivity index (χ1) is 11.9. The molecule has 0 spiro atoms. The van der Waals surface area contributed by atoms with Gasteiger partial charge in [0.15, 0.2) is 5.65 Å². The minimum Gasteiger partial charge on any atom is -0.352 e. The summed E-state index contributed by atoms with van der Waals surface area (Å²) in [5.41, 5.74) is 2.75. The molecule has 0 atom stereocenters. The maximum Gasteiger partial charge on any atom is 0.254 e. The van der Waals surface area contributed by atoms with E-state index in [0.29, 0.717) is 29.9 Å². The van der Waals surface area contributed by atoms with Crippen LogP contribution in [0.1, 0.15) is 21.6 Å². The highest BCUT2D eigenvalue weighted by Crippen LogP contribution is 2.10. The molecule has 2 heterocycles. The molecule has 1 amide bonds. The molecule has 0 fully saturated rings. The van der Waals surface area contributed by atoms with Crippen LogP contribution in [-0.4, -0.2) is 35.5 Å². The van der Waals surface area contributed by atoms with Crippen molar-refractivity contribution in [3.05, 3.63) is 59.5 Å².